The summed E-state index contributed by atoms with van der Waals surface area (Å²) >= 11 is 0. The number of nitrogens with one attached hydrogen (secondary N) is 2. The van der Waals surface area contributed by atoms with Gasteiger partial charge in [0.05, 0.1) is 13.2 Å². The van der Waals surface area contributed by atoms with E-state index in [9.17, 15) is 23.1 Å². The van der Waals surface area contributed by atoms with Gasteiger partial charge in [-0.05, 0) is 17.5 Å². The molecule has 3 N–H and O–H groups in total. The number of benzene rings is 1. The second-order valence-electron chi connectivity index (χ2n) is 5.59. The smallest absolute Gasteiger partial charge is 0.392 e. The summed E-state index contributed by atoms with van der Waals surface area (Å²) in [4.78, 5) is 13.1. The molecule has 0 spiro atoms. The van der Waals surface area contributed by atoms with Crippen LogP contribution >= 0.6 is 0 Å². The first-order chi connectivity index (χ1) is 10.9. The molecule has 1 heterocycles. The van der Waals surface area contributed by atoms with E-state index in [0.29, 0.717) is 13.0 Å². The molecule has 2 amide bonds. The van der Waals surface area contributed by atoms with Gasteiger partial charge in [0.2, 0.25) is 0 Å². The van der Waals surface area contributed by atoms with Crippen LogP contribution in [0, 0.1) is 0 Å². The molecule has 1 saturated heterocycles. The normalized spacial score (nSPS) is 18.9. The third-order valence-corrected chi connectivity index (χ3v) is 3.74. The Kier molecular flexibility index (Phi) is 5.84. The van der Waals surface area contributed by atoms with Crippen LogP contribution in [0.1, 0.15) is 17.5 Å². The van der Waals surface area contributed by atoms with Gasteiger partial charge in [-0.15, -0.1) is 0 Å². The number of carbonyl (C=O) groups is 1. The van der Waals surface area contributed by atoms with Crippen LogP contribution < -0.4 is 10.6 Å². The van der Waals surface area contributed by atoms with Gasteiger partial charge < -0.3 is 15.7 Å². The van der Waals surface area contributed by atoms with Gasteiger partial charge in [0.15, 0.2) is 0 Å². The van der Waals surface area contributed by atoms with Gasteiger partial charge in [0, 0.05) is 25.7 Å². The lowest BCUT2D eigenvalue weighted by atomic mass is 10.1. The van der Waals surface area contributed by atoms with Crippen molar-refractivity contribution in [3.8, 4) is 0 Å². The van der Waals surface area contributed by atoms with E-state index in [4.69, 9.17) is 0 Å². The average molecular weight is 331 g/mol. The number of amides is 2. The number of halogens is 3. The Balaban J connectivity index is 1.75. The highest BCUT2D eigenvalue weighted by molar-refractivity contribution is 5.74. The van der Waals surface area contributed by atoms with Crippen molar-refractivity contribution in [1.29, 1.82) is 0 Å². The maximum atomic E-state index is 12.3. The fourth-order valence-electron chi connectivity index (χ4n) is 2.64. The number of alkyl halides is 3. The highest BCUT2D eigenvalue weighted by Gasteiger charge is 2.34. The van der Waals surface area contributed by atoms with E-state index in [1.165, 1.54) is 4.90 Å². The minimum atomic E-state index is -4.22. The molecule has 8 heteroatoms. The standard InChI is InChI=1S/C15H20F3N3O2/c16-15(17,18)10-21-6-5-13(8-21)20-14(23)19-7-11-3-1-2-4-12(11)9-22/h1-4,13,22H,5-10H2,(H2,19,20,23). The summed E-state index contributed by atoms with van der Waals surface area (Å²) in [7, 11) is 0. The molecule has 1 atom stereocenters. The average Bonchev–Trinajstić information content (AvgIpc) is 2.90. The summed E-state index contributed by atoms with van der Waals surface area (Å²) in [5.41, 5.74) is 1.53. The van der Waals surface area contributed by atoms with Gasteiger partial charge in [-0.1, -0.05) is 24.3 Å². The number of urea groups is 1. The van der Waals surface area contributed by atoms with Crippen LogP contribution in [0.25, 0.3) is 0 Å². The number of likely N-dealkylation sites (tertiary alicyclic amines) is 1. The van der Waals surface area contributed by atoms with Crippen LogP contribution in [-0.4, -0.2) is 47.9 Å². The van der Waals surface area contributed by atoms with E-state index in [1.807, 2.05) is 0 Å². The van der Waals surface area contributed by atoms with Crippen LogP contribution in [-0.2, 0) is 13.2 Å². The van der Waals surface area contributed by atoms with Crippen molar-refractivity contribution < 1.29 is 23.1 Å². The number of aliphatic hydroxyl groups is 1. The lowest BCUT2D eigenvalue weighted by Gasteiger charge is -2.18. The highest BCUT2D eigenvalue weighted by Crippen LogP contribution is 2.19. The molecule has 1 aromatic rings. The van der Waals surface area contributed by atoms with Gasteiger partial charge in [-0.25, -0.2) is 4.79 Å². The first-order valence-electron chi connectivity index (χ1n) is 7.38. The minimum Gasteiger partial charge on any atom is -0.392 e. The number of aliphatic hydroxyl groups excluding tert-OH is 1. The van der Waals surface area contributed by atoms with E-state index < -0.39 is 18.8 Å². The summed E-state index contributed by atoms with van der Waals surface area (Å²) < 4.78 is 36.9. The fraction of sp³-hybridized carbons (Fsp3) is 0.533. The van der Waals surface area contributed by atoms with Crippen LogP contribution in [0.3, 0.4) is 0 Å². The molecule has 1 aromatic carbocycles. The first kappa shape index (κ1) is 17.6. The Bertz CT molecular complexity index is 537. The van der Waals surface area contributed by atoms with Gasteiger partial charge in [-0.2, -0.15) is 13.2 Å². The summed E-state index contributed by atoms with van der Waals surface area (Å²) in [5, 5.41) is 14.6. The summed E-state index contributed by atoms with van der Waals surface area (Å²) in [6.45, 7) is -0.301. The second-order valence-corrected chi connectivity index (χ2v) is 5.59. The molecule has 5 nitrogen and oxygen atoms in total. The van der Waals surface area contributed by atoms with Crippen molar-refractivity contribution in [2.75, 3.05) is 19.6 Å². The number of hydrogen-bond acceptors (Lipinski definition) is 3. The summed E-state index contributed by atoms with van der Waals surface area (Å²) in [5.74, 6) is 0. The Morgan fingerprint density at radius 2 is 2.00 bits per heavy atom. The van der Waals surface area contributed by atoms with Crippen molar-refractivity contribution in [3.63, 3.8) is 0 Å². The SMILES string of the molecule is O=C(NCc1ccccc1CO)NC1CCN(CC(F)(F)F)C1. The molecular weight excluding hydrogens is 311 g/mol. The molecule has 0 aliphatic carbocycles. The molecule has 2 rings (SSSR count). The van der Waals surface area contributed by atoms with Crippen LogP contribution in [0.5, 0.6) is 0 Å². The molecule has 0 aromatic heterocycles. The van der Waals surface area contributed by atoms with Gasteiger partial charge >= 0.3 is 12.2 Å². The fourth-order valence-corrected chi connectivity index (χ4v) is 2.64. The number of carbonyl (C=O) groups excluding carboxylic acids is 1. The predicted octanol–water partition coefficient (Wildman–Crippen LogP) is 1.61. The lowest BCUT2D eigenvalue weighted by Crippen LogP contribution is -2.43. The topological polar surface area (TPSA) is 64.6 Å². The quantitative estimate of drug-likeness (QED) is 0.768. The molecule has 1 aliphatic heterocycles. The maximum Gasteiger partial charge on any atom is 0.401 e. The molecule has 0 saturated carbocycles. The maximum absolute atomic E-state index is 12.3. The van der Waals surface area contributed by atoms with E-state index in [1.54, 1.807) is 24.3 Å². The lowest BCUT2D eigenvalue weighted by molar-refractivity contribution is -0.143. The summed E-state index contributed by atoms with van der Waals surface area (Å²) in [6.07, 6.45) is -3.72. The zero-order valence-corrected chi connectivity index (χ0v) is 12.6. The number of hydrogen-bond donors (Lipinski definition) is 3. The predicted molar refractivity (Wildman–Crippen MR) is 78.6 cm³/mol. The zero-order valence-electron chi connectivity index (χ0n) is 12.6. The number of rotatable bonds is 5. The zero-order chi connectivity index (χ0) is 16.9. The monoisotopic (exact) mass is 331 g/mol. The Labute approximate surface area is 132 Å². The van der Waals surface area contributed by atoms with Crippen LogP contribution in [0.2, 0.25) is 0 Å². The third kappa shape index (κ3) is 5.72. The largest absolute Gasteiger partial charge is 0.401 e. The van der Waals surface area contributed by atoms with E-state index in [-0.39, 0.29) is 25.7 Å². The van der Waals surface area contributed by atoms with Crippen molar-refractivity contribution in [1.82, 2.24) is 15.5 Å². The van der Waals surface area contributed by atoms with Crippen molar-refractivity contribution in [2.45, 2.75) is 31.8 Å². The molecular formula is C15H20F3N3O2. The summed E-state index contributed by atoms with van der Waals surface area (Å²) in [6, 6.07) is 6.46. The molecule has 23 heavy (non-hydrogen) atoms. The molecule has 0 bridgehead atoms. The van der Waals surface area contributed by atoms with E-state index >= 15 is 0 Å². The molecule has 1 unspecified atom stereocenters. The van der Waals surface area contributed by atoms with E-state index in [2.05, 4.69) is 10.6 Å². The minimum absolute atomic E-state index is 0.117. The Morgan fingerprint density at radius 3 is 2.65 bits per heavy atom. The van der Waals surface area contributed by atoms with Crippen molar-refractivity contribution >= 4 is 6.03 Å². The second kappa shape index (κ2) is 7.65. The molecule has 128 valence electrons. The van der Waals surface area contributed by atoms with Crippen molar-refractivity contribution in [2.24, 2.45) is 0 Å². The van der Waals surface area contributed by atoms with Gasteiger partial charge in [0.1, 0.15) is 0 Å². The van der Waals surface area contributed by atoms with Crippen molar-refractivity contribution in [3.05, 3.63) is 35.4 Å². The van der Waals surface area contributed by atoms with Gasteiger partial charge in [0.25, 0.3) is 0 Å². The third-order valence-electron chi connectivity index (χ3n) is 3.74. The Morgan fingerprint density at radius 1 is 1.30 bits per heavy atom. The first-order valence-corrected chi connectivity index (χ1v) is 7.38. The molecule has 1 fully saturated rings. The molecule has 0 radical (unpaired) electrons. The van der Waals surface area contributed by atoms with E-state index in [0.717, 1.165) is 11.1 Å². The number of nitrogens with zero attached hydrogens (tertiary/aromatic N) is 1. The molecule has 1 aliphatic rings. The van der Waals surface area contributed by atoms with Gasteiger partial charge in [-0.3, -0.25) is 4.90 Å². The van der Waals surface area contributed by atoms with Crippen LogP contribution in [0.15, 0.2) is 24.3 Å². The van der Waals surface area contributed by atoms with Crippen LogP contribution in [0.4, 0.5) is 18.0 Å². The highest BCUT2D eigenvalue weighted by atomic mass is 19.4. The Hall–Kier alpha value is -1.80.